The fourth-order valence-corrected chi connectivity index (χ4v) is 7.11. The second kappa shape index (κ2) is 5.97. The molecule has 0 N–H and O–H groups in total. The van der Waals surface area contributed by atoms with Crippen molar-refractivity contribution in [3.8, 4) is 11.1 Å². The monoisotopic (exact) mass is 422 g/mol. The smallest absolute Gasteiger partial charge is 0.0434 e. The van der Waals surface area contributed by atoms with Gasteiger partial charge in [0.15, 0.2) is 0 Å². The molecule has 0 fully saturated rings. The molecule has 0 unspecified atom stereocenters. The third kappa shape index (κ3) is 2.12. The maximum atomic E-state index is 2.47. The van der Waals surface area contributed by atoms with Crippen molar-refractivity contribution in [1.29, 1.82) is 0 Å². The largest absolute Gasteiger partial charge is 0.134 e. The molecule has 0 saturated carbocycles. The molecule has 0 bridgehead atoms. The minimum absolute atomic E-state index is 1.02. The van der Waals surface area contributed by atoms with Gasteiger partial charge in [0.25, 0.3) is 0 Å². The molecule has 0 amide bonds. The van der Waals surface area contributed by atoms with Crippen molar-refractivity contribution >= 4 is 63.8 Å². The van der Waals surface area contributed by atoms with Gasteiger partial charge < -0.3 is 0 Å². The first kappa shape index (κ1) is 16.9. The van der Waals surface area contributed by atoms with Crippen LogP contribution in [0.25, 0.3) is 63.6 Å². The minimum Gasteiger partial charge on any atom is -0.134 e. The topological polar surface area (TPSA) is 0 Å². The van der Waals surface area contributed by atoms with Crippen LogP contribution < -0.4 is 0 Å². The van der Waals surface area contributed by atoms with E-state index >= 15 is 0 Å². The quantitative estimate of drug-likeness (QED) is 0.229. The Kier molecular flexibility index (Phi) is 3.16. The average Bonchev–Trinajstić information content (AvgIpc) is 3.41. The Morgan fingerprint density at radius 2 is 1.12 bits per heavy atom. The molecule has 148 valence electrons. The van der Waals surface area contributed by atoms with Crippen molar-refractivity contribution in [1.82, 2.24) is 0 Å². The fourth-order valence-electron chi connectivity index (χ4n) is 5.75. The molecular formula is C31H18S. The highest BCUT2D eigenvalue weighted by Gasteiger charge is 2.22. The van der Waals surface area contributed by atoms with E-state index in [2.05, 4.69) is 97.1 Å². The zero-order valence-electron chi connectivity index (χ0n) is 17.4. The molecule has 1 aliphatic carbocycles. The van der Waals surface area contributed by atoms with Gasteiger partial charge in [0.2, 0.25) is 0 Å². The van der Waals surface area contributed by atoms with Gasteiger partial charge in [0, 0.05) is 20.2 Å². The first-order chi connectivity index (χ1) is 15.8. The minimum atomic E-state index is 1.02. The van der Waals surface area contributed by atoms with Crippen LogP contribution >= 0.6 is 11.3 Å². The van der Waals surface area contributed by atoms with Gasteiger partial charge in [-0.2, -0.15) is 0 Å². The summed E-state index contributed by atoms with van der Waals surface area (Å²) in [5.41, 5.74) is 5.75. The number of hydrogen-bond donors (Lipinski definition) is 0. The SMILES string of the molecule is c1ccc2c3c(ccc2c1)-c1cc2ccc4c5ccc6ccccc6c5sc4c2cc1C3. The van der Waals surface area contributed by atoms with Crippen LogP contribution in [0.2, 0.25) is 0 Å². The summed E-state index contributed by atoms with van der Waals surface area (Å²) in [7, 11) is 0. The highest BCUT2D eigenvalue weighted by Crippen LogP contribution is 2.46. The number of benzene rings is 6. The molecule has 1 heteroatoms. The average molecular weight is 423 g/mol. The molecule has 6 aromatic carbocycles. The summed E-state index contributed by atoms with van der Waals surface area (Å²) in [5.74, 6) is 0. The Labute approximate surface area is 189 Å². The Bertz CT molecular complexity index is 1900. The van der Waals surface area contributed by atoms with Crippen molar-refractivity contribution < 1.29 is 0 Å². The molecule has 1 aromatic heterocycles. The van der Waals surface area contributed by atoms with E-state index < -0.39 is 0 Å². The first-order valence-electron chi connectivity index (χ1n) is 11.2. The Morgan fingerprint density at radius 1 is 0.469 bits per heavy atom. The van der Waals surface area contributed by atoms with Crippen molar-refractivity contribution in [2.75, 3.05) is 0 Å². The van der Waals surface area contributed by atoms with Crippen LogP contribution in [-0.4, -0.2) is 0 Å². The number of thiophene rings is 1. The van der Waals surface area contributed by atoms with E-state index in [-0.39, 0.29) is 0 Å². The van der Waals surface area contributed by atoms with Crippen LogP contribution in [0.4, 0.5) is 0 Å². The lowest BCUT2D eigenvalue weighted by atomic mass is 9.97. The van der Waals surface area contributed by atoms with Crippen LogP contribution in [0, 0.1) is 0 Å². The van der Waals surface area contributed by atoms with Gasteiger partial charge >= 0.3 is 0 Å². The summed E-state index contributed by atoms with van der Waals surface area (Å²) in [6, 6.07) is 36.2. The van der Waals surface area contributed by atoms with E-state index in [1.165, 1.54) is 74.7 Å². The third-order valence-corrected chi connectivity index (χ3v) is 8.55. The molecule has 0 radical (unpaired) electrons. The Hall–Kier alpha value is -3.68. The lowest BCUT2D eigenvalue weighted by Gasteiger charge is -2.06. The lowest BCUT2D eigenvalue weighted by molar-refractivity contribution is 1.29. The number of hydrogen-bond acceptors (Lipinski definition) is 1. The zero-order chi connectivity index (χ0) is 20.8. The molecule has 0 aliphatic heterocycles. The maximum Gasteiger partial charge on any atom is 0.0434 e. The number of rotatable bonds is 0. The van der Waals surface area contributed by atoms with Crippen LogP contribution in [0.5, 0.6) is 0 Å². The molecule has 32 heavy (non-hydrogen) atoms. The predicted octanol–water partition coefficient (Wildman–Crippen LogP) is 9.09. The van der Waals surface area contributed by atoms with Gasteiger partial charge in [-0.05, 0) is 73.1 Å². The molecule has 8 rings (SSSR count). The summed E-state index contributed by atoms with van der Waals surface area (Å²) < 4.78 is 2.82. The van der Waals surface area contributed by atoms with Gasteiger partial charge in [0.05, 0.1) is 0 Å². The van der Waals surface area contributed by atoms with Gasteiger partial charge in [-0.1, -0.05) is 84.9 Å². The normalized spacial score (nSPS) is 12.9. The Balaban J connectivity index is 1.44. The van der Waals surface area contributed by atoms with E-state index in [4.69, 9.17) is 0 Å². The highest BCUT2D eigenvalue weighted by molar-refractivity contribution is 7.27. The molecular weight excluding hydrogens is 404 g/mol. The number of fused-ring (bicyclic) bond motifs is 12. The standard InChI is InChI=1S/C31H18S/c1-3-7-22-18(5-1)9-12-24-27-15-20-11-14-26-25-13-10-19-6-2-4-8-23(19)30(25)32-31(26)28(20)16-21(27)17-29(22)24/h1-16H,17H2. The molecule has 0 atom stereocenters. The molecule has 7 aromatic rings. The van der Waals surface area contributed by atoms with Crippen molar-refractivity contribution in [2.45, 2.75) is 6.42 Å². The summed E-state index contributed by atoms with van der Waals surface area (Å²) in [5, 5.41) is 10.9. The fraction of sp³-hybridized carbons (Fsp3) is 0.0323. The second-order valence-electron chi connectivity index (χ2n) is 8.93. The van der Waals surface area contributed by atoms with E-state index in [1.54, 1.807) is 0 Å². The maximum absolute atomic E-state index is 2.47. The lowest BCUT2D eigenvalue weighted by Crippen LogP contribution is -1.83. The van der Waals surface area contributed by atoms with Crippen LogP contribution in [0.1, 0.15) is 11.1 Å². The predicted molar refractivity (Wildman–Crippen MR) is 140 cm³/mol. The first-order valence-corrected chi connectivity index (χ1v) is 12.0. The summed E-state index contributed by atoms with van der Waals surface area (Å²) in [6.45, 7) is 0. The van der Waals surface area contributed by atoms with Crippen molar-refractivity contribution in [2.24, 2.45) is 0 Å². The zero-order valence-corrected chi connectivity index (χ0v) is 18.2. The Morgan fingerprint density at radius 3 is 1.97 bits per heavy atom. The van der Waals surface area contributed by atoms with Gasteiger partial charge in [-0.15, -0.1) is 11.3 Å². The van der Waals surface area contributed by atoms with Gasteiger partial charge in [-0.25, -0.2) is 0 Å². The summed E-state index contributed by atoms with van der Waals surface area (Å²) in [6.07, 6.45) is 1.02. The van der Waals surface area contributed by atoms with Crippen LogP contribution in [0.15, 0.2) is 97.1 Å². The molecule has 1 heterocycles. The highest BCUT2D eigenvalue weighted by atomic mass is 32.1. The molecule has 0 spiro atoms. The van der Waals surface area contributed by atoms with Crippen molar-refractivity contribution in [3.05, 3.63) is 108 Å². The van der Waals surface area contributed by atoms with Gasteiger partial charge in [-0.3, -0.25) is 0 Å². The molecule has 0 saturated heterocycles. The molecule has 0 nitrogen and oxygen atoms in total. The van der Waals surface area contributed by atoms with E-state index in [0.29, 0.717) is 0 Å². The summed E-state index contributed by atoms with van der Waals surface area (Å²) in [4.78, 5) is 0. The summed E-state index contributed by atoms with van der Waals surface area (Å²) >= 11 is 1.95. The molecule has 1 aliphatic rings. The van der Waals surface area contributed by atoms with E-state index in [0.717, 1.165) is 6.42 Å². The van der Waals surface area contributed by atoms with E-state index in [9.17, 15) is 0 Å². The van der Waals surface area contributed by atoms with Gasteiger partial charge in [0.1, 0.15) is 0 Å². The second-order valence-corrected chi connectivity index (χ2v) is 9.95. The third-order valence-electron chi connectivity index (χ3n) is 7.27. The van der Waals surface area contributed by atoms with Crippen LogP contribution in [0.3, 0.4) is 0 Å². The van der Waals surface area contributed by atoms with Crippen LogP contribution in [-0.2, 0) is 6.42 Å². The van der Waals surface area contributed by atoms with E-state index in [1.807, 2.05) is 11.3 Å². The van der Waals surface area contributed by atoms with Crippen molar-refractivity contribution in [3.63, 3.8) is 0 Å².